The van der Waals surface area contributed by atoms with Crippen molar-refractivity contribution in [3.8, 4) is 11.3 Å². The summed E-state index contributed by atoms with van der Waals surface area (Å²) in [7, 11) is 0. The fraction of sp³-hybridized carbons (Fsp3) is 0. The van der Waals surface area contributed by atoms with E-state index >= 15 is 4.39 Å². The molecule has 0 bridgehead atoms. The van der Waals surface area contributed by atoms with Gasteiger partial charge in [-0.2, -0.15) is 0 Å². The number of hydrogen-bond donors (Lipinski definition) is 3. The van der Waals surface area contributed by atoms with Crippen LogP contribution in [0.15, 0.2) is 66.2 Å². The second-order valence-electron chi connectivity index (χ2n) is 6.91. The van der Waals surface area contributed by atoms with Crippen molar-refractivity contribution in [3.05, 3.63) is 84.6 Å². The van der Waals surface area contributed by atoms with E-state index in [2.05, 4.69) is 35.0 Å². The first-order chi connectivity index (χ1) is 16.5. The Morgan fingerprint density at radius 3 is 2.56 bits per heavy atom. The number of hydrogen-bond acceptors (Lipinski definition) is 7. The number of imidazole rings is 1. The van der Waals surface area contributed by atoms with Crippen LogP contribution >= 0.6 is 11.9 Å². The normalized spacial score (nSPS) is 11.1. The Morgan fingerprint density at radius 1 is 0.853 bits per heavy atom. The highest BCUT2D eigenvalue weighted by molar-refractivity contribution is 8.00. The molecule has 0 aliphatic rings. The third-order valence-electron chi connectivity index (χ3n) is 4.79. The molecule has 0 spiro atoms. The van der Waals surface area contributed by atoms with Gasteiger partial charge in [0.25, 0.3) is 0 Å². The van der Waals surface area contributed by atoms with Crippen LogP contribution in [-0.2, 0) is 0 Å². The molecule has 0 saturated heterocycles. The minimum atomic E-state index is -1.03. The summed E-state index contributed by atoms with van der Waals surface area (Å²) < 4.78 is 59.1. The lowest BCUT2D eigenvalue weighted by molar-refractivity contribution is 0.506. The van der Waals surface area contributed by atoms with Crippen LogP contribution < -0.4 is 10.0 Å². The van der Waals surface area contributed by atoms with Gasteiger partial charge in [-0.25, -0.2) is 37.5 Å². The molecule has 0 fully saturated rings. The van der Waals surface area contributed by atoms with E-state index in [9.17, 15) is 13.2 Å². The number of nitrogens with zero attached hydrogens (tertiary/aromatic N) is 4. The zero-order valence-electron chi connectivity index (χ0n) is 17.0. The van der Waals surface area contributed by atoms with Crippen molar-refractivity contribution >= 4 is 40.3 Å². The Balaban J connectivity index is 1.46. The first kappa shape index (κ1) is 21.6. The van der Waals surface area contributed by atoms with Crippen LogP contribution in [0.4, 0.5) is 34.8 Å². The molecule has 0 amide bonds. The zero-order chi connectivity index (χ0) is 23.7. The molecule has 34 heavy (non-hydrogen) atoms. The van der Waals surface area contributed by atoms with Crippen LogP contribution in [0, 0.1) is 23.3 Å². The van der Waals surface area contributed by atoms with Crippen molar-refractivity contribution in [2.75, 3.05) is 10.0 Å². The summed E-state index contributed by atoms with van der Waals surface area (Å²) in [5.74, 6) is -3.66. The van der Waals surface area contributed by atoms with Gasteiger partial charge in [0, 0.05) is 16.7 Å². The number of benzene rings is 2. The van der Waals surface area contributed by atoms with Crippen LogP contribution in [0.2, 0.25) is 0 Å². The fourth-order valence-electron chi connectivity index (χ4n) is 3.18. The zero-order valence-corrected chi connectivity index (χ0v) is 17.8. The third-order valence-corrected chi connectivity index (χ3v) is 5.60. The predicted molar refractivity (Wildman–Crippen MR) is 120 cm³/mol. The highest BCUT2D eigenvalue weighted by Gasteiger charge is 2.19. The van der Waals surface area contributed by atoms with Crippen molar-refractivity contribution < 1.29 is 17.6 Å². The molecule has 0 atom stereocenters. The van der Waals surface area contributed by atoms with Crippen molar-refractivity contribution in [1.29, 1.82) is 0 Å². The summed E-state index contributed by atoms with van der Waals surface area (Å²) in [6.07, 6.45) is 4.26. The molecule has 0 unspecified atom stereocenters. The largest absolute Gasteiger partial charge is 0.341 e. The van der Waals surface area contributed by atoms with Gasteiger partial charge in [-0.15, -0.1) is 0 Å². The van der Waals surface area contributed by atoms with Crippen molar-refractivity contribution in [2.24, 2.45) is 0 Å². The molecule has 12 heteroatoms. The Morgan fingerprint density at radius 2 is 1.71 bits per heavy atom. The van der Waals surface area contributed by atoms with Crippen molar-refractivity contribution in [2.45, 2.75) is 4.90 Å². The molecule has 2 aromatic carbocycles. The predicted octanol–water partition coefficient (Wildman–Crippen LogP) is 5.83. The molecule has 5 rings (SSSR count). The number of aromatic amines is 1. The molecular formula is C22H13F4N7S. The van der Waals surface area contributed by atoms with E-state index < -0.39 is 29.0 Å². The standard InChI is InChI=1S/C22H13F4N7S/c23-13-4-3-11(8-15(13)25)34-33-16-6-5-14(24)19(17(16)26)32-21-12(2-1-7-27-21)18-20-22(30-9-28-18)31-10-29-20/h1-10,33H,(H,27,32)(H,28,29,30,31). The average molecular weight is 483 g/mol. The van der Waals surface area contributed by atoms with Gasteiger partial charge in [-0.1, -0.05) is 0 Å². The minimum Gasteiger partial charge on any atom is -0.341 e. The Bertz CT molecular complexity index is 1510. The van der Waals surface area contributed by atoms with Crippen LogP contribution in [0.5, 0.6) is 0 Å². The van der Waals surface area contributed by atoms with Gasteiger partial charge in [0.1, 0.15) is 34.9 Å². The monoisotopic (exact) mass is 483 g/mol. The summed E-state index contributed by atoms with van der Waals surface area (Å²) in [5, 5.41) is 2.70. The lowest BCUT2D eigenvalue weighted by atomic mass is 10.1. The van der Waals surface area contributed by atoms with E-state index in [-0.39, 0.29) is 11.5 Å². The number of halogens is 4. The maximum absolute atomic E-state index is 15.2. The lowest BCUT2D eigenvalue weighted by Gasteiger charge is -2.14. The van der Waals surface area contributed by atoms with Gasteiger partial charge in [0.05, 0.1) is 12.0 Å². The number of nitrogens with one attached hydrogen (secondary N) is 3. The van der Waals surface area contributed by atoms with Gasteiger partial charge in [0.15, 0.2) is 23.1 Å². The maximum atomic E-state index is 15.2. The maximum Gasteiger partial charge on any atom is 0.181 e. The van der Waals surface area contributed by atoms with Crippen molar-refractivity contribution in [3.63, 3.8) is 0 Å². The summed E-state index contributed by atoms with van der Waals surface area (Å²) in [6, 6.07) is 8.86. The average Bonchev–Trinajstić information content (AvgIpc) is 3.33. The highest BCUT2D eigenvalue weighted by Crippen LogP contribution is 2.35. The van der Waals surface area contributed by atoms with E-state index in [4.69, 9.17) is 0 Å². The van der Waals surface area contributed by atoms with E-state index in [1.54, 1.807) is 12.1 Å². The lowest BCUT2D eigenvalue weighted by Crippen LogP contribution is -2.04. The van der Waals surface area contributed by atoms with E-state index in [0.29, 0.717) is 27.3 Å². The van der Waals surface area contributed by atoms with Gasteiger partial charge in [-0.3, -0.25) is 0 Å². The summed E-state index contributed by atoms with van der Waals surface area (Å²) >= 11 is 0.843. The van der Waals surface area contributed by atoms with Gasteiger partial charge in [-0.05, 0) is 54.4 Å². The molecule has 7 nitrogen and oxygen atoms in total. The van der Waals surface area contributed by atoms with Crippen LogP contribution in [0.3, 0.4) is 0 Å². The van der Waals surface area contributed by atoms with Gasteiger partial charge < -0.3 is 15.0 Å². The van der Waals surface area contributed by atoms with Gasteiger partial charge in [0.2, 0.25) is 0 Å². The molecule has 0 aliphatic carbocycles. The van der Waals surface area contributed by atoms with Crippen LogP contribution in [-0.4, -0.2) is 24.9 Å². The van der Waals surface area contributed by atoms with Crippen LogP contribution in [0.25, 0.3) is 22.4 Å². The van der Waals surface area contributed by atoms with E-state index in [1.165, 1.54) is 31.0 Å². The fourth-order valence-corrected chi connectivity index (χ4v) is 3.87. The first-order valence-corrected chi connectivity index (χ1v) is 10.6. The first-order valence-electron chi connectivity index (χ1n) is 9.73. The third kappa shape index (κ3) is 4.10. The SMILES string of the molecule is Fc1ccc(SNc2ccc(F)c(Nc3ncccc3-c3ncnc4nc[nH]c34)c2F)cc1F. The molecule has 0 aliphatic heterocycles. The smallest absolute Gasteiger partial charge is 0.181 e. The number of anilines is 3. The number of pyridine rings is 1. The summed E-state index contributed by atoms with van der Waals surface area (Å²) in [4.78, 5) is 19.9. The van der Waals surface area contributed by atoms with E-state index in [0.717, 1.165) is 30.1 Å². The molecule has 0 saturated carbocycles. The number of fused-ring (bicyclic) bond motifs is 1. The minimum absolute atomic E-state index is 0.0749. The molecule has 3 aromatic heterocycles. The van der Waals surface area contributed by atoms with E-state index in [1.807, 2.05) is 0 Å². The second-order valence-corrected chi connectivity index (χ2v) is 7.79. The molecule has 170 valence electrons. The molecule has 0 radical (unpaired) electrons. The Kier molecular flexibility index (Phi) is 5.72. The molecule has 5 aromatic rings. The van der Waals surface area contributed by atoms with Crippen molar-refractivity contribution in [1.82, 2.24) is 24.9 Å². The quantitative estimate of drug-likeness (QED) is 0.207. The van der Waals surface area contributed by atoms with Crippen LogP contribution in [0.1, 0.15) is 0 Å². The number of aromatic nitrogens is 5. The highest BCUT2D eigenvalue weighted by atomic mass is 32.2. The second kappa shape index (κ2) is 8.98. The molecular weight excluding hydrogens is 470 g/mol. The number of rotatable bonds is 6. The Hall–Kier alpha value is -4.19. The summed E-state index contributed by atoms with van der Waals surface area (Å²) in [5.41, 5.74) is 1.35. The summed E-state index contributed by atoms with van der Waals surface area (Å²) in [6.45, 7) is 0. The van der Waals surface area contributed by atoms with Gasteiger partial charge >= 0.3 is 0 Å². The number of H-pyrrole nitrogens is 1. The topological polar surface area (TPSA) is 91.4 Å². The molecule has 3 N–H and O–H groups in total. The Labute approximate surface area is 193 Å². The molecule has 3 heterocycles.